The van der Waals surface area contributed by atoms with Crippen LogP contribution in [-0.2, 0) is 4.79 Å². The first-order chi connectivity index (χ1) is 18.0. The number of anilines is 2. The van der Waals surface area contributed by atoms with Crippen molar-refractivity contribution in [1.29, 1.82) is 0 Å². The number of pyridine rings is 1. The van der Waals surface area contributed by atoms with E-state index in [1.165, 1.54) is 12.3 Å². The van der Waals surface area contributed by atoms with Gasteiger partial charge in [0.1, 0.15) is 17.3 Å². The minimum absolute atomic E-state index is 0.157. The molecule has 1 aromatic heterocycles. The highest BCUT2D eigenvalue weighted by molar-refractivity contribution is 6.07. The normalized spacial score (nSPS) is 9.92. The molecule has 4 aromatic rings. The van der Waals surface area contributed by atoms with Crippen molar-refractivity contribution in [2.24, 2.45) is 0 Å². The van der Waals surface area contributed by atoms with Crippen LogP contribution in [0.5, 0.6) is 11.5 Å². The molecule has 0 radical (unpaired) electrons. The maximum absolute atomic E-state index is 12.6. The van der Waals surface area contributed by atoms with E-state index in [1.54, 1.807) is 55.6 Å². The second-order valence-electron chi connectivity index (χ2n) is 7.47. The molecule has 188 valence electrons. The molecule has 0 saturated heterocycles. The van der Waals surface area contributed by atoms with E-state index in [1.807, 2.05) is 38.1 Å². The predicted octanol–water partition coefficient (Wildman–Crippen LogP) is 5.79. The number of carbonyl (C=O) groups excluding carboxylic acids is 3. The summed E-state index contributed by atoms with van der Waals surface area (Å²) in [4.78, 5) is 40.3. The van der Waals surface area contributed by atoms with Gasteiger partial charge in [-0.25, -0.2) is 4.98 Å². The van der Waals surface area contributed by atoms with Gasteiger partial charge in [-0.2, -0.15) is 0 Å². The number of hydrogen-bond donors (Lipinski definition) is 3. The van der Waals surface area contributed by atoms with Crippen molar-refractivity contribution >= 4 is 40.0 Å². The first-order valence-electron chi connectivity index (χ1n) is 11.7. The minimum Gasteiger partial charge on any atom is -0.457 e. The van der Waals surface area contributed by atoms with Crippen molar-refractivity contribution in [3.8, 4) is 11.5 Å². The van der Waals surface area contributed by atoms with Crippen LogP contribution >= 0.6 is 0 Å². The third-order valence-electron chi connectivity index (χ3n) is 5.13. The maximum atomic E-state index is 12.6. The Morgan fingerprint density at radius 3 is 2.30 bits per heavy atom. The van der Waals surface area contributed by atoms with Crippen molar-refractivity contribution in [3.05, 3.63) is 103 Å². The topological polar surface area (TPSA) is 109 Å². The maximum Gasteiger partial charge on any atom is 0.256 e. The van der Waals surface area contributed by atoms with Gasteiger partial charge in [-0.05, 0) is 71.4 Å². The number of amides is 3. The van der Waals surface area contributed by atoms with Crippen LogP contribution in [0.4, 0.5) is 11.5 Å². The van der Waals surface area contributed by atoms with Gasteiger partial charge >= 0.3 is 0 Å². The van der Waals surface area contributed by atoms with Gasteiger partial charge in [-0.3, -0.25) is 14.4 Å². The minimum atomic E-state index is -0.358. The van der Waals surface area contributed by atoms with Gasteiger partial charge in [0, 0.05) is 36.1 Å². The summed E-state index contributed by atoms with van der Waals surface area (Å²) in [6.07, 6.45) is 2.70. The Hall–Kier alpha value is -4.98. The molecule has 3 amide bonds. The molecule has 0 aliphatic rings. The monoisotopic (exact) mass is 496 g/mol. The van der Waals surface area contributed by atoms with Gasteiger partial charge in [0.25, 0.3) is 11.8 Å². The number of aromatic nitrogens is 1. The predicted molar refractivity (Wildman–Crippen MR) is 146 cm³/mol. The van der Waals surface area contributed by atoms with Crippen LogP contribution in [0.2, 0.25) is 0 Å². The van der Waals surface area contributed by atoms with Crippen LogP contribution in [0.3, 0.4) is 0 Å². The second-order valence-corrected chi connectivity index (χ2v) is 7.47. The summed E-state index contributed by atoms with van der Waals surface area (Å²) in [6.45, 7) is 7.40. The van der Waals surface area contributed by atoms with E-state index in [9.17, 15) is 14.4 Å². The molecule has 0 atom stereocenters. The van der Waals surface area contributed by atoms with Crippen molar-refractivity contribution in [1.82, 2.24) is 10.3 Å². The SMILES string of the molecule is C=CC(=O)Nc1ccc(C(=O)Nc2cc(Oc3ccc4c(C(=O)NC)cccc4c3)ccn2)cc1.CC. The number of rotatable bonds is 7. The van der Waals surface area contributed by atoms with E-state index in [-0.39, 0.29) is 17.7 Å². The van der Waals surface area contributed by atoms with Crippen LogP contribution in [0.1, 0.15) is 34.6 Å². The molecule has 4 rings (SSSR count). The Balaban J connectivity index is 0.00000186. The fraction of sp³-hybridized carbons (Fsp3) is 0.103. The third-order valence-corrected chi connectivity index (χ3v) is 5.13. The standard InChI is InChI=1S/C27H22N4O4.C2H6/c1-3-25(32)30-19-9-7-17(8-10-19)26(33)31-24-16-21(13-14-29-24)35-20-11-12-22-18(15-20)5-4-6-23(22)27(34)28-2;1-2/h3-16H,1H2,2H3,(H,28,34)(H,30,32)(H,29,31,33);1-2H3. The summed E-state index contributed by atoms with van der Waals surface area (Å²) < 4.78 is 5.96. The highest BCUT2D eigenvalue weighted by Gasteiger charge is 2.11. The van der Waals surface area contributed by atoms with E-state index in [2.05, 4.69) is 27.5 Å². The zero-order valence-electron chi connectivity index (χ0n) is 20.9. The molecular formula is C29H28N4O4. The van der Waals surface area contributed by atoms with Crippen molar-refractivity contribution in [2.45, 2.75) is 13.8 Å². The van der Waals surface area contributed by atoms with Gasteiger partial charge in [0.05, 0.1) is 0 Å². The van der Waals surface area contributed by atoms with Crippen LogP contribution in [0, 0.1) is 0 Å². The van der Waals surface area contributed by atoms with Gasteiger partial charge in [-0.15, -0.1) is 0 Å². The van der Waals surface area contributed by atoms with Crippen molar-refractivity contribution in [2.75, 3.05) is 17.7 Å². The number of benzene rings is 3. The largest absolute Gasteiger partial charge is 0.457 e. The molecule has 0 aliphatic heterocycles. The van der Waals surface area contributed by atoms with Crippen molar-refractivity contribution < 1.29 is 19.1 Å². The summed E-state index contributed by atoms with van der Waals surface area (Å²) in [6, 6.07) is 20.7. The molecule has 0 bridgehead atoms. The van der Waals surface area contributed by atoms with Gasteiger partial charge in [0.15, 0.2) is 0 Å². The molecule has 1 heterocycles. The average Bonchev–Trinajstić information content (AvgIpc) is 2.93. The average molecular weight is 497 g/mol. The number of nitrogens with zero attached hydrogens (tertiary/aromatic N) is 1. The van der Waals surface area contributed by atoms with E-state index in [4.69, 9.17) is 4.74 Å². The van der Waals surface area contributed by atoms with Gasteiger partial charge in [0.2, 0.25) is 5.91 Å². The van der Waals surface area contributed by atoms with Crippen LogP contribution in [0.15, 0.2) is 91.6 Å². The Morgan fingerprint density at radius 2 is 1.59 bits per heavy atom. The molecule has 3 N–H and O–H groups in total. The fourth-order valence-electron chi connectivity index (χ4n) is 3.42. The summed E-state index contributed by atoms with van der Waals surface area (Å²) in [5, 5.41) is 9.68. The summed E-state index contributed by atoms with van der Waals surface area (Å²) in [5.74, 6) is 0.533. The van der Waals surface area contributed by atoms with Crippen LogP contribution in [-0.4, -0.2) is 29.8 Å². The van der Waals surface area contributed by atoms with Gasteiger partial charge < -0.3 is 20.7 Å². The molecular weight excluding hydrogens is 468 g/mol. The highest BCUT2D eigenvalue weighted by Crippen LogP contribution is 2.28. The zero-order valence-corrected chi connectivity index (χ0v) is 20.9. The molecule has 0 spiro atoms. The number of hydrogen-bond acceptors (Lipinski definition) is 5. The summed E-state index contributed by atoms with van der Waals surface area (Å²) >= 11 is 0. The van der Waals surface area contributed by atoms with Gasteiger partial charge in [-0.1, -0.05) is 32.6 Å². The molecule has 0 fully saturated rings. The number of carbonyl (C=O) groups is 3. The molecule has 0 unspecified atom stereocenters. The second kappa shape index (κ2) is 12.6. The first-order valence-corrected chi connectivity index (χ1v) is 11.7. The molecule has 0 saturated carbocycles. The molecule has 37 heavy (non-hydrogen) atoms. The van der Waals surface area contributed by atoms with E-state index in [0.717, 1.165) is 10.8 Å². The Kier molecular flexibility index (Phi) is 9.10. The van der Waals surface area contributed by atoms with E-state index < -0.39 is 0 Å². The Morgan fingerprint density at radius 1 is 0.865 bits per heavy atom. The lowest BCUT2D eigenvalue weighted by molar-refractivity contribution is -0.111. The van der Waals surface area contributed by atoms with Crippen LogP contribution < -0.4 is 20.7 Å². The Bertz CT molecular complexity index is 1430. The Labute approximate surface area is 215 Å². The first kappa shape index (κ1) is 26.6. The third kappa shape index (κ3) is 6.79. The van der Waals surface area contributed by atoms with E-state index >= 15 is 0 Å². The number of fused-ring (bicyclic) bond motifs is 1. The molecule has 8 nitrogen and oxygen atoms in total. The lowest BCUT2D eigenvalue weighted by Gasteiger charge is -2.10. The lowest BCUT2D eigenvalue weighted by Crippen LogP contribution is -2.17. The van der Waals surface area contributed by atoms with Crippen LogP contribution in [0.25, 0.3) is 10.8 Å². The summed E-state index contributed by atoms with van der Waals surface area (Å²) in [7, 11) is 1.59. The number of nitrogens with one attached hydrogen (secondary N) is 3. The van der Waals surface area contributed by atoms with E-state index in [0.29, 0.717) is 34.1 Å². The molecule has 0 aliphatic carbocycles. The highest BCUT2D eigenvalue weighted by atomic mass is 16.5. The number of ether oxygens (including phenoxy) is 1. The summed E-state index contributed by atoms with van der Waals surface area (Å²) in [5.41, 5.74) is 1.54. The zero-order chi connectivity index (χ0) is 26.8. The lowest BCUT2D eigenvalue weighted by atomic mass is 10.0. The van der Waals surface area contributed by atoms with Crippen molar-refractivity contribution in [3.63, 3.8) is 0 Å². The quantitative estimate of drug-likeness (QED) is 0.281. The smallest absolute Gasteiger partial charge is 0.256 e. The fourth-order valence-corrected chi connectivity index (χ4v) is 3.42. The molecule has 8 heteroatoms. The molecule has 3 aromatic carbocycles.